The van der Waals surface area contributed by atoms with E-state index >= 15 is 0 Å². The first-order valence-electron chi connectivity index (χ1n) is 12.3. The lowest BCUT2D eigenvalue weighted by atomic mass is 10.1. The average molecular weight is 508 g/mol. The lowest BCUT2D eigenvalue weighted by Crippen LogP contribution is -2.40. The van der Waals surface area contributed by atoms with E-state index in [1.807, 2.05) is 93.6 Å². The van der Waals surface area contributed by atoms with Crippen LogP contribution in [0.25, 0.3) is 0 Å². The zero-order valence-corrected chi connectivity index (χ0v) is 22.3. The Balaban J connectivity index is 1.66. The number of hydrogen-bond donors (Lipinski definition) is 1. The van der Waals surface area contributed by atoms with Gasteiger partial charge in [0.15, 0.2) is 11.5 Å². The molecule has 7 heteroatoms. The first-order valence-corrected chi connectivity index (χ1v) is 12.3. The van der Waals surface area contributed by atoms with Gasteiger partial charge in [-0.05, 0) is 68.1 Å². The number of carbonyl (C=O) groups excluding carboxylic acids is 1. The molecule has 0 aliphatic rings. The summed E-state index contributed by atoms with van der Waals surface area (Å²) in [4.78, 5) is 14.5. The highest BCUT2D eigenvalue weighted by molar-refractivity contribution is 5.68. The van der Waals surface area contributed by atoms with Crippen LogP contribution in [0.5, 0.6) is 17.2 Å². The van der Waals surface area contributed by atoms with E-state index in [-0.39, 0.29) is 6.54 Å². The fourth-order valence-corrected chi connectivity index (χ4v) is 3.73. The van der Waals surface area contributed by atoms with Crippen LogP contribution in [-0.2, 0) is 17.8 Å². The van der Waals surface area contributed by atoms with Gasteiger partial charge >= 0.3 is 6.09 Å². The van der Waals surface area contributed by atoms with Crippen LogP contribution in [0.4, 0.5) is 4.79 Å². The molecular weight excluding hydrogens is 470 g/mol. The fraction of sp³-hybridized carbons (Fsp3) is 0.367. The van der Waals surface area contributed by atoms with Crippen molar-refractivity contribution in [1.82, 2.24) is 4.90 Å². The minimum Gasteiger partial charge on any atom is -0.493 e. The maximum absolute atomic E-state index is 13.0. The third kappa shape index (κ3) is 8.72. The molecule has 1 amide bonds. The molecule has 0 saturated heterocycles. The number of hydrogen-bond acceptors (Lipinski definition) is 6. The summed E-state index contributed by atoms with van der Waals surface area (Å²) < 4.78 is 22.1. The van der Waals surface area contributed by atoms with Crippen molar-refractivity contribution in [2.45, 2.75) is 45.5 Å². The van der Waals surface area contributed by atoms with Crippen molar-refractivity contribution in [3.8, 4) is 17.2 Å². The Kier molecular flexibility index (Phi) is 9.80. The van der Waals surface area contributed by atoms with E-state index in [1.54, 1.807) is 14.2 Å². The number of methoxy groups -OCH3 is 2. The summed E-state index contributed by atoms with van der Waals surface area (Å²) in [5, 5.41) is 11.0. The average Bonchev–Trinajstić information content (AvgIpc) is 2.89. The van der Waals surface area contributed by atoms with Gasteiger partial charge in [0.25, 0.3) is 0 Å². The minimum absolute atomic E-state index is 0.0897. The van der Waals surface area contributed by atoms with Crippen LogP contribution < -0.4 is 14.2 Å². The van der Waals surface area contributed by atoms with E-state index in [0.29, 0.717) is 42.4 Å². The molecule has 0 aromatic heterocycles. The van der Waals surface area contributed by atoms with Gasteiger partial charge < -0.3 is 29.0 Å². The Morgan fingerprint density at radius 2 is 1.57 bits per heavy atom. The van der Waals surface area contributed by atoms with E-state index in [1.165, 1.54) is 4.90 Å². The molecule has 1 atom stereocenters. The highest BCUT2D eigenvalue weighted by Crippen LogP contribution is 2.28. The lowest BCUT2D eigenvalue weighted by Gasteiger charge is -2.29. The highest BCUT2D eigenvalue weighted by Gasteiger charge is 2.25. The zero-order valence-electron chi connectivity index (χ0n) is 22.3. The van der Waals surface area contributed by atoms with E-state index in [4.69, 9.17) is 18.9 Å². The second-order valence-electron chi connectivity index (χ2n) is 9.72. The topological polar surface area (TPSA) is 77.5 Å². The van der Waals surface area contributed by atoms with Crippen LogP contribution >= 0.6 is 0 Å². The molecule has 0 aliphatic heterocycles. The number of ether oxygens (including phenoxy) is 4. The van der Waals surface area contributed by atoms with Crippen molar-refractivity contribution in [3.63, 3.8) is 0 Å². The maximum Gasteiger partial charge on any atom is 0.410 e. The number of aliphatic hydroxyl groups is 1. The molecule has 0 fully saturated rings. The van der Waals surface area contributed by atoms with Crippen LogP contribution in [0.15, 0.2) is 72.8 Å². The maximum atomic E-state index is 13.0. The molecule has 1 N–H and O–H groups in total. The van der Waals surface area contributed by atoms with Crippen LogP contribution in [-0.4, -0.2) is 49.0 Å². The second-order valence-corrected chi connectivity index (χ2v) is 9.72. The monoisotopic (exact) mass is 507 g/mol. The number of benzene rings is 3. The molecule has 3 aromatic rings. The second kappa shape index (κ2) is 13.0. The molecule has 0 bridgehead atoms. The minimum atomic E-state index is -0.888. The Bertz CT molecular complexity index is 1130. The molecule has 0 saturated carbocycles. The van der Waals surface area contributed by atoms with Crippen molar-refractivity contribution >= 4 is 6.09 Å². The molecule has 37 heavy (non-hydrogen) atoms. The number of rotatable bonds is 11. The molecule has 7 nitrogen and oxygen atoms in total. The molecule has 3 rings (SSSR count). The van der Waals surface area contributed by atoms with Crippen LogP contribution in [0, 0.1) is 0 Å². The normalized spacial score (nSPS) is 11.9. The largest absolute Gasteiger partial charge is 0.493 e. The summed E-state index contributed by atoms with van der Waals surface area (Å²) in [5.41, 5.74) is 2.09. The number of carbonyl (C=O) groups is 1. The molecule has 0 aliphatic carbocycles. The van der Waals surface area contributed by atoms with E-state index in [2.05, 4.69) is 0 Å². The standard InChI is InChI=1S/C30H37NO6/c1-30(2,3)37-29(33)31(18-17-22-11-16-27(34-4)28(19-22)35-5)20-26(32)24-12-14-25(15-13-24)36-21-23-9-7-6-8-10-23/h6-16,19,26,32H,17-18,20-21H2,1-5H3/t26-/m0/s1. The van der Waals surface area contributed by atoms with Crippen LogP contribution in [0.3, 0.4) is 0 Å². The van der Waals surface area contributed by atoms with E-state index < -0.39 is 17.8 Å². The summed E-state index contributed by atoms with van der Waals surface area (Å²) in [6.45, 7) is 6.38. The molecule has 198 valence electrons. The van der Waals surface area contributed by atoms with Crippen LogP contribution in [0.2, 0.25) is 0 Å². The Labute approximate surface area is 219 Å². The SMILES string of the molecule is COc1ccc(CCN(C[C@H](O)c2ccc(OCc3ccccc3)cc2)C(=O)OC(C)(C)C)cc1OC. The van der Waals surface area contributed by atoms with E-state index in [0.717, 1.165) is 11.1 Å². The molecule has 0 heterocycles. The summed E-state index contributed by atoms with van der Waals surface area (Å²) in [7, 11) is 3.17. The van der Waals surface area contributed by atoms with Crippen molar-refractivity contribution in [1.29, 1.82) is 0 Å². The van der Waals surface area contributed by atoms with Crippen molar-refractivity contribution in [2.24, 2.45) is 0 Å². The fourth-order valence-electron chi connectivity index (χ4n) is 3.73. The molecule has 0 spiro atoms. The number of aliphatic hydroxyl groups excluding tert-OH is 1. The summed E-state index contributed by atoms with van der Waals surface area (Å²) >= 11 is 0. The first kappa shape index (κ1) is 27.9. The smallest absolute Gasteiger partial charge is 0.410 e. The Morgan fingerprint density at radius 3 is 2.19 bits per heavy atom. The summed E-state index contributed by atoms with van der Waals surface area (Å²) in [6, 6.07) is 22.8. The predicted molar refractivity (Wildman–Crippen MR) is 143 cm³/mol. The van der Waals surface area contributed by atoms with E-state index in [9.17, 15) is 9.90 Å². The Hall–Kier alpha value is -3.71. The number of nitrogens with zero attached hydrogens (tertiary/aromatic N) is 1. The Morgan fingerprint density at radius 1 is 0.892 bits per heavy atom. The van der Waals surface area contributed by atoms with Gasteiger partial charge in [-0.15, -0.1) is 0 Å². The van der Waals surface area contributed by atoms with Gasteiger partial charge in [-0.3, -0.25) is 0 Å². The van der Waals surface area contributed by atoms with Gasteiger partial charge in [-0.1, -0.05) is 48.5 Å². The predicted octanol–water partition coefficient (Wildman–Crippen LogP) is 5.80. The van der Waals surface area contributed by atoms with Gasteiger partial charge in [-0.2, -0.15) is 0 Å². The van der Waals surface area contributed by atoms with Crippen molar-refractivity contribution in [2.75, 3.05) is 27.3 Å². The van der Waals surface area contributed by atoms with Gasteiger partial charge in [0.2, 0.25) is 0 Å². The highest BCUT2D eigenvalue weighted by atomic mass is 16.6. The van der Waals surface area contributed by atoms with Crippen molar-refractivity contribution < 1.29 is 28.8 Å². The lowest BCUT2D eigenvalue weighted by molar-refractivity contribution is 0.0147. The summed E-state index contributed by atoms with van der Waals surface area (Å²) in [5.74, 6) is 1.97. The summed E-state index contributed by atoms with van der Waals surface area (Å²) in [6.07, 6.45) is -0.811. The third-order valence-electron chi connectivity index (χ3n) is 5.68. The van der Waals surface area contributed by atoms with Gasteiger partial charge in [-0.25, -0.2) is 4.79 Å². The third-order valence-corrected chi connectivity index (χ3v) is 5.68. The number of amides is 1. The quantitative estimate of drug-likeness (QED) is 0.354. The first-order chi connectivity index (χ1) is 17.7. The van der Waals surface area contributed by atoms with Crippen molar-refractivity contribution in [3.05, 3.63) is 89.5 Å². The molecular formula is C30H37NO6. The molecule has 3 aromatic carbocycles. The van der Waals surface area contributed by atoms with Gasteiger partial charge in [0.05, 0.1) is 26.9 Å². The molecule has 0 radical (unpaired) electrons. The molecule has 0 unspecified atom stereocenters. The van der Waals surface area contributed by atoms with Crippen LogP contribution in [0.1, 0.15) is 43.6 Å². The van der Waals surface area contributed by atoms with Gasteiger partial charge in [0.1, 0.15) is 18.0 Å². The zero-order chi connectivity index (χ0) is 26.8. The van der Waals surface area contributed by atoms with Gasteiger partial charge in [0, 0.05) is 6.54 Å².